The summed E-state index contributed by atoms with van der Waals surface area (Å²) in [4.78, 5) is 10.5. The summed E-state index contributed by atoms with van der Waals surface area (Å²) < 4.78 is 17.7. The Labute approximate surface area is 79.2 Å². The van der Waals surface area contributed by atoms with Crippen molar-refractivity contribution < 1.29 is 19.0 Å². The number of benzene rings is 1. The minimum Gasteiger partial charge on any atom is -0.495 e. The van der Waals surface area contributed by atoms with Crippen LogP contribution in [0, 0.1) is 17.1 Å². The molecule has 1 N–H and O–H groups in total. The fourth-order valence-corrected chi connectivity index (χ4v) is 0.975. The molecule has 5 heteroatoms. The van der Waals surface area contributed by atoms with E-state index in [0.29, 0.717) is 0 Å². The summed E-state index contributed by atoms with van der Waals surface area (Å²) in [6.07, 6.45) is 0. The minimum atomic E-state index is -1.42. The molecule has 0 heterocycles. The second kappa shape index (κ2) is 3.75. The monoisotopic (exact) mass is 195 g/mol. The number of rotatable bonds is 2. The van der Waals surface area contributed by atoms with Crippen molar-refractivity contribution in [2.75, 3.05) is 7.11 Å². The number of carbonyl (C=O) groups is 1. The van der Waals surface area contributed by atoms with E-state index < -0.39 is 17.3 Å². The second-order valence-electron chi connectivity index (χ2n) is 2.45. The number of methoxy groups -OCH3 is 1. The van der Waals surface area contributed by atoms with E-state index in [1.54, 1.807) is 6.07 Å². The third kappa shape index (κ3) is 1.64. The zero-order valence-corrected chi connectivity index (χ0v) is 7.24. The summed E-state index contributed by atoms with van der Waals surface area (Å²) in [6, 6.07) is 3.53. The molecule has 14 heavy (non-hydrogen) atoms. The molecule has 0 unspecified atom stereocenters. The first-order chi connectivity index (χ1) is 6.60. The number of hydrogen-bond acceptors (Lipinski definition) is 3. The molecule has 0 spiro atoms. The minimum absolute atomic E-state index is 0.00806. The molecule has 0 saturated heterocycles. The zero-order valence-electron chi connectivity index (χ0n) is 7.24. The Hall–Kier alpha value is -2.09. The van der Waals surface area contributed by atoms with Gasteiger partial charge in [0.15, 0.2) is 0 Å². The van der Waals surface area contributed by atoms with Crippen molar-refractivity contribution in [2.45, 2.75) is 0 Å². The second-order valence-corrected chi connectivity index (χ2v) is 2.45. The average molecular weight is 195 g/mol. The first-order valence-electron chi connectivity index (χ1n) is 3.61. The average Bonchev–Trinajstić information content (AvgIpc) is 2.16. The highest BCUT2D eigenvalue weighted by atomic mass is 19.1. The van der Waals surface area contributed by atoms with E-state index in [9.17, 15) is 9.18 Å². The Bertz CT molecular complexity index is 423. The maximum Gasteiger partial charge on any atom is 0.338 e. The molecule has 4 nitrogen and oxygen atoms in total. The summed E-state index contributed by atoms with van der Waals surface area (Å²) in [7, 11) is 1.27. The molecule has 0 atom stereocenters. The van der Waals surface area contributed by atoms with Gasteiger partial charge in [0.25, 0.3) is 0 Å². The molecular formula is C9H6FNO3. The van der Waals surface area contributed by atoms with Gasteiger partial charge in [-0.2, -0.15) is 5.26 Å². The number of nitrogens with zero attached hydrogens (tertiary/aromatic N) is 1. The van der Waals surface area contributed by atoms with E-state index in [1.807, 2.05) is 0 Å². The van der Waals surface area contributed by atoms with Gasteiger partial charge in [0.2, 0.25) is 0 Å². The number of ether oxygens (including phenoxy) is 1. The molecule has 0 saturated carbocycles. The molecule has 0 aliphatic carbocycles. The number of nitriles is 1. The summed E-state index contributed by atoms with van der Waals surface area (Å²) >= 11 is 0. The maximum absolute atomic E-state index is 13.0. The van der Waals surface area contributed by atoms with Crippen molar-refractivity contribution >= 4 is 5.97 Å². The Balaban J connectivity index is 3.40. The van der Waals surface area contributed by atoms with Gasteiger partial charge in [0.05, 0.1) is 18.2 Å². The van der Waals surface area contributed by atoms with Crippen molar-refractivity contribution in [1.82, 2.24) is 0 Å². The summed E-state index contributed by atoms with van der Waals surface area (Å²) in [6.45, 7) is 0. The van der Waals surface area contributed by atoms with Gasteiger partial charge in [-0.25, -0.2) is 9.18 Å². The number of carboxylic acid groups (broad SMARTS) is 1. The molecule has 0 fully saturated rings. The van der Waals surface area contributed by atoms with Gasteiger partial charge in [-0.3, -0.25) is 0 Å². The van der Waals surface area contributed by atoms with Gasteiger partial charge in [-0.15, -0.1) is 0 Å². The third-order valence-corrected chi connectivity index (χ3v) is 1.64. The molecule has 1 aromatic rings. The van der Waals surface area contributed by atoms with Crippen LogP contribution in [0.25, 0.3) is 0 Å². The van der Waals surface area contributed by atoms with Gasteiger partial charge in [-0.1, -0.05) is 0 Å². The Morgan fingerprint density at radius 3 is 2.71 bits per heavy atom. The third-order valence-electron chi connectivity index (χ3n) is 1.64. The quantitative estimate of drug-likeness (QED) is 0.774. The van der Waals surface area contributed by atoms with Crippen LogP contribution >= 0.6 is 0 Å². The van der Waals surface area contributed by atoms with Crippen molar-refractivity contribution in [3.8, 4) is 11.8 Å². The van der Waals surface area contributed by atoms with E-state index >= 15 is 0 Å². The van der Waals surface area contributed by atoms with Crippen LogP contribution in [0.3, 0.4) is 0 Å². The maximum atomic E-state index is 13.0. The lowest BCUT2D eigenvalue weighted by atomic mass is 10.1. The lowest BCUT2D eigenvalue weighted by Gasteiger charge is -2.04. The molecule has 0 aliphatic heterocycles. The van der Waals surface area contributed by atoms with Crippen molar-refractivity contribution in [3.63, 3.8) is 0 Å². The lowest BCUT2D eigenvalue weighted by Crippen LogP contribution is -2.02. The topological polar surface area (TPSA) is 70.3 Å². The zero-order chi connectivity index (χ0) is 10.7. The van der Waals surface area contributed by atoms with Crippen LogP contribution in [0.15, 0.2) is 12.1 Å². The van der Waals surface area contributed by atoms with E-state index in [1.165, 1.54) is 7.11 Å². The predicted molar refractivity (Wildman–Crippen MR) is 44.6 cm³/mol. The molecule has 72 valence electrons. The number of halogens is 1. The van der Waals surface area contributed by atoms with Crippen LogP contribution in [-0.2, 0) is 0 Å². The van der Waals surface area contributed by atoms with Crippen molar-refractivity contribution in [3.05, 3.63) is 29.1 Å². The largest absolute Gasteiger partial charge is 0.495 e. The first kappa shape index (κ1) is 9.99. The van der Waals surface area contributed by atoms with Crippen LogP contribution in [0.5, 0.6) is 5.75 Å². The van der Waals surface area contributed by atoms with Crippen LogP contribution in [-0.4, -0.2) is 18.2 Å². The lowest BCUT2D eigenvalue weighted by molar-refractivity contribution is 0.0692. The van der Waals surface area contributed by atoms with E-state index in [2.05, 4.69) is 0 Å². The predicted octanol–water partition coefficient (Wildman–Crippen LogP) is 1.40. The van der Waals surface area contributed by atoms with Crippen molar-refractivity contribution in [2.24, 2.45) is 0 Å². The van der Waals surface area contributed by atoms with Crippen LogP contribution in [0.4, 0.5) is 4.39 Å². The van der Waals surface area contributed by atoms with Gasteiger partial charge in [-0.05, 0) is 6.07 Å². The fraction of sp³-hybridized carbons (Fsp3) is 0.111. The number of carboxylic acids is 1. The Kier molecular flexibility index (Phi) is 2.67. The first-order valence-corrected chi connectivity index (χ1v) is 3.61. The molecule has 1 aromatic carbocycles. The highest BCUT2D eigenvalue weighted by molar-refractivity contribution is 5.88. The highest BCUT2D eigenvalue weighted by Gasteiger charge is 2.14. The fourth-order valence-electron chi connectivity index (χ4n) is 0.975. The smallest absolute Gasteiger partial charge is 0.338 e. The number of hydrogen-bond donors (Lipinski definition) is 1. The van der Waals surface area contributed by atoms with Gasteiger partial charge in [0, 0.05) is 6.07 Å². The van der Waals surface area contributed by atoms with Gasteiger partial charge < -0.3 is 9.84 Å². The SMILES string of the molecule is COc1cc(F)c(C(=O)O)cc1C#N. The van der Waals surface area contributed by atoms with Crippen LogP contribution in [0.1, 0.15) is 15.9 Å². The Morgan fingerprint density at radius 1 is 1.64 bits per heavy atom. The highest BCUT2D eigenvalue weighted by Crippen LogP contribution is 2.21. The summed E-state index contributed by atoms with van der Waals surface area (Å²) in [5.74, 6) is -2.31. The number of aromatic carboxylic acids is 1. The molecule has 1 rings (SSSR count). The molecule has 0 aliphatic rings. The van der Waals surface area contributed by atoms with E-state index in [4.69, 9.17) is 15.1 Å². The van der Waals surface area contributed by atoms with Crippen LogP contribution in [0.2, 0.25) is 0 Å². The summed E-state index contributed by atoms with van der Waals surface area (Å²) in [5, 5.41) is 17.2. The summed E-state index contributed by atoms with van der Waals surface area (Å²) in [5.41, 5.74) is -0.548. The molecule has 0 radical (unpaired) electrons. The standard InChI is InChI=1S/C9H6FNO3/c1-14-8-3-7(10)6(9(12)13)2-5(8)4-11/h2-3H,1H3,(H,12,13). The van der Waals surface area contributed by atoms with E-state index in [-0.39, 0.29) is 11.3 Å². The molecular weight excluding hydrogens is 189 g/mol. The van der Waals surface area contributed by atoms with Gasteiger partial charge in [0.1, 0.15) is 17.6 Å². The van der Waals surface area contributed by atoms with E-state index in [0.717, 1.165) is 12.1 Å². The van der Waals surface area contributed by atoms with Crippen LogP contribution < -0.4 is 4.74 Å². The molecule has 0 bridgehead atoms. The Morgan fingerprint density at radius 2 is 2.29 bits per heavy atom. The molecule has 0 aromatic heterocycles. The van der Waals surface area contributed by atoms with Gasteiger partial charge >= 0.3 is 5.97 Å². The molecule has 0 amide bonds. The van der Waals surface area contributed by atoms with Crippen molar-refractivity contribution in [1.29, 1.82) is 5.26 Å². The normalized spacial score (nSPS) is 9.21.